The van der Waals surface area contributed by atoms with Crippen molar-refractivity contribution < 1.29 is 13.9 Å². The highest BCUT2D eigenvalue weighted by Gasteiger charge is 2.25. The predicted octanol–water partition coefficient (Wildman–Crippen LogP) is 4.70. The lowest BCUT2D eigenvalue weighted by Gasteiger charge is -2.29. The van der Waals surface area contributed by atoms with E-state index in [0.29, 0.717) is 12.5 Å². The molecule has 4 aromatic rings. The van der Waals surface area contributed by atoms with Crippen molar-refractivity contribution >= 4 is 21.8 Å². The summed E-state index contributed by atoms with van der Waals surface area (Å²) in [7, 11) is 0. The summed E-state index contributed by atoms with van der Waals surface area (Å²) in [6, 6.07) is 13.0. The normalized spacial score (nSPS) is 19.9. The van der Waals surface area contributed by atoms with Gasteiger partial charge in [0.15, 0.2) is 11.5 Å². The maximum atomic E-state index is 13.7. The summed E-state index contributed by atoms with van der Waals surface area (Å²) in [4.78, 5) is 8.10. The third-order valence-corrected chi connectivity index (χ3v) is 6.69. The molecule has 2 N–H and O–H groups in total. The largest absolute Gasteiger partial charge is 0.486 e. The van der Waals surface area contributed by atoms with E-state index in [1.165, 1.54) is 17.3 Å². The van der Waals surface area contributed by atoms with Gasteiger partial charge in [-0.1, -0.05) is 0 Å². The second kappa shape index (κ2) is 7.78. The molecule has 1 aliphatic heterocycles. The number of hydrogen-bond acceptors (Lipinski definition) is 4. The number of ether oxygens (including phenoxy) is 2. The van der Waals surface area contributed by atoms with Gasteiger partial charge in [0.2, 0.25) is 0 Å². The number of pyridine rings is 1. The Bertz CT molecular complexity index is 1320. The summed E-state index contributed by atoms with van der Waals surface area (Å²) in [5.74, 6) is 1.96. The Morgan fingerprint density at radius 2 is 2.06 bits per heavy atom. The van der Waals surface area contributed by atoms with Crippen LogP contribution in [0.5, 0.6) is 11.5 Å². The van der Waals surface area contributed by atoms with Crippen LogP contribution in [0.3, 0.4) is 0 Å². The van der Waals surface area contributed by atoms with Crippen LogP contribution >= 0.6 is 0 Å². The molecular formula is C26H26FN3O2. The predicted molar refractivity (Wildman–Crippen MR) is 123 cm³/mol. The number of nitrogens with one attached hydrogen (secondary N) is 2. The first kappa shape index (κ1) is 19.6. The molecule has 2 atom stereocenters. The molecule has 1 aliphatic carbocycles. The molecule has 2 aromatic heterocycles. The summed E-state index contributed by atoms with van der Waals surface area (Å²) in [6.45, 7) is 4.18. The van der Waals surface area contributed by atoms with Crippen LogP contribution in [0, 0.1) is 18.7 Å². The van der Waals surface area contributed by atoms with Crippen LogP contribution < -0.4 is 14.8 Å². The minimum atomic E-state index is -0.168. The Labute approximate surface area is 185 Å². The van der Waals surface area contributed by atoms with E-state index in [-0.39, 0.29) is 11.9 Å². The molecule has 1 unspecified atom stereocenters. The quantitative estimate of drug-likeness (QED) is 0.492. The van der Waals surface area contributed by atoms with Gasteiger partial charge < -0.3 is 19.8 Å². The lowest BCUT2D eigenvalue weighted by molar-refractivity contribution is 0.0915. The molecule has 6 rings (SSSR count). The van der Waals surface area contributed by atoms with Gasteiger partial charge in [0, 0.05) is 34.2 Å². The van der Waals surface area contributed by atoms with E-state index in [0.717, 1.165) is 71.4 Å². The number of aryl methyl sites for hydroxylation is 2. The molecule has 0 bridgehead atoms. The van der Waals surface area contributed by atoms with E-state index >= 15 is 0 Å². The van der Waals surface area contributed by atoms with Crippen molar-refractivity contribution in [3.8, 4) is 11.5 Å². The van der Waals surface area contributed by atoms with E-state index in [4.69, 9.17) is 9.47 Å². The topological polar surface area (TPSA) is 59.2 Å². The third kappa shape index (κ3) is 3.48. The first-order valence-electron chi connectivity index (χ1n) is 11.3. The fourth-order valence-electron chi connectivity index (χ4n) is 5.08. The number of nitrogens with zero attached hydrogens (tertiary/aromatic N) is 1. The van der Waals surface area contributed by atoms with Crippen LogP contribution in [-0.2, 0) is 12.8 Å². The fraction of sp³-hybridized carbons (Fsp3) is 0.346. The SMILES string of the molecule is Cc1ccc2c3c(ccc2n1)OC[C@H](CNCC1CCc2c([nH]c4ccc(F)cc24)C1)O3. The Morgan fingerprint density at radius 1 is 1.12 bits per heavy atom. The summed E-state index contributed by atoms with van der Waals surface area (Å²) < 4.78 is 25.9. The van der Waals surface area contributed by atoms with Crippen molar-refractivity contribution in [2.45, 2.75) is 32.3 Å². The molecule has 0 fully saturated rings. The van der Waals surface area contributed by atoms with Crippen molar-refractivity contribution in [3.05, 3.63) is 65.2 Å². The van der Waals surface area contributed by atoms with Gasteiger partial charge in [0.1, 0.15) is 18.5 Å². The van der Waals surface area contributed by atoms with Crippen molar-refractivity contribution in [1.82, 2.24) is 15.3 Å². The second-order valence-electron chi connectivity index (χ2n) is 9.00. The van der Waals surface area contributed by atoms with Crippen molar-refractivity contribution in [1.29, 1.82) is 0 Å². The molecule has 2 aliphatic rings. The molecule has 0 saturated carbocycles. The standard InChI is InChI=1S/C26H26FN3O2/c1-15-2-5-20-22(29-15)8-9-25-26(20)32-18(14-31-25)13-28-12-16-3-6-19-21-11-17(27)4-7-23(21)30-24(19)10-16/h2,4-5,7-9,11,16,18,28,30H,3,6,10,12-14H2,1H3/t16?,18-/m0/s1. The van der Waals surface area contributed by atoms with Gasteiger partial charge in [-0.15, -0.1) is 0 Å². The van der Waals surface area contributed by atoms with Gasteiger partial charge in [0.25, 0.3) is 0 Å². The Balaban J connectivity index is 1.09. The van der Waals surface area contributed by atoms with Crippen LogP contribution in [0.1, 0.15) is 23.4 Å². The zero-order chi connectivity index (χ0) is 21.7. The van der Waals surface area contributed by atoms with Gasteiger partial charge in [-0.2, -0.15) is 0 Å². The van der Waals surface area contributed by atoms with Crippen LogP contribution in [-0.4, -0.2) is 35.8 Å². The lowest BCUT2D eigenvalue weighted by Crippen LogP contribution is -2.40. The average molecular weight is 432 g/mol. The summed E-state index contributed by atoms with van der Waals surface area (Å²) in [5, 5.41) is 5.62. The molecule has 32 heavy (non-hydrogen) atoms. The smallest absolute Gasteiger partial charge is 0.171 e. The summed E-state index contributed by atoms with van der Waals surface area (Å²) >= 11 is 0. The maximum Gasteiger partial charge on any atom is 0.171 e. The maximum absolute atomic E-state index is 13.7. The Morgan fingerprint density at radius 3 is 3.00 bits per heavy atom. The van der Waals surface area contributed by atoms with E-state index in [1.54, 1.807) is 6.07 Å². The number of halogens is 1. The fourth-order valence-corrected chi connectivity index (χ4v) is 5.08. The molecule has 0 saturated heterocycles. The number of benzene rings is 2. The van der Waals surface area contributed by atoms with Crippen molar-refractivity contribution in [2.75, 3.05) is 19.7 Å². The zero-order valence-electron chi connectivity index (χ0n) is 18.1. The summed E-state index contributed by atoms with van der Waals surface area (Å²) in [6.07, 6.45) is 3.04. The second-order valence-corrected chi connectivity index (χ2v) is 9.00. The molecular weight excluding hydrogens is 405 g/mol. The van der Waals surface area contributed by atoms with Gasteiger partial charge in [-0.3, -0.25) is 4.98 Å². The van der Waals surface area contributed by atoms with Gasteiger partial charge in [-0.25, -0.2) is 4.39 Å². The van der Waals surface area contributed by atoms with E-state index in [9.17, 15) is 4.39 Å². The molecule has 6 heteroatoms. The number of aromatic nitrogens is 2. The highest BCUT2D eigenvalue weighted by molar-refractivity contribution is 5.88. The molecule has 5 nitrogen and oxygen atoms in total. The van der Waals surface area contributed by atoms with E-state index in [2.05, 4.69) is 21.4 Å². The average Bonchev–Trinajstić information content (AvgIpc) is 3.15. The number of aromatic amines is 1. The third-order valence-electron chi connectivity index (χ3n) is 6.69. The summed E-state index contributed by atoms with van der Waals surface area (Å²) in [5.41, 5.74) is 5.49. The van der Waals surface area contributed by atoms with Gasteiger partial charge >= 0.3 is 0 Å². The highest BCUT2D eigenvalue weighted by atomic mass is 19.1. The van der Waals surface area contributed by atoms with Crippen LogP contribution in [0.25, 0.3) is 21.8 Å². The molecule has 2 aromatic carbocycles. The van der Waals surface area contributed by atoms with Crippen molar-refractivity contribution in [2.24, 2.45) is 5.92 Å². The van der Waals surface area contributed by atoms with Gasteiger partial charge in [0.05, 0.1) is 5.52 Å². The number of hydrogen-bond donors (Lipinski definition) is 2. The van der Waals surface area contributed by atoms with E-state index in [1.807, 2.05) is 31.2 Å². The molecule has 3 heterocycles. The van der Waals surface area contributed by atoms with Crippen LogP contribution in [0.4, 0.5) is 4.39 Å². The monoisotopic (exact) mass is 431 g/mol. The number of fused-ring (bicyclic) bond motifs is 6. The lowest BCUT2D eigenvalue weighted by atomic mass is 9.87. The first-order chi connectivity index (χ1) is 15.6. The molecule has 0 spiro atoms. The van der Waals surface area contributed by atoms with Crippen molar-refractivity contribution in [3.63, 3.8) is 0 Å². The number of rotatable bonds is 4. The molecule has 0 radical (unpaired) electrons. The van der Waals surface area contributed by atoms with Crippen LogP contribution in [0.15, 0.2) is 42.5 Å². The zero-order valence-corrected chi connectivity index (χ0v) is 18.1. The Hall–Kier alpha value is -3.12. The Kier molecular flexibility index (Phi) is 4.76. The van der Waals surface area contributed by atoms with Gasteiger partial charge in [-0.05, 0) is 86.7 Å². The number of H-pyrrole nitrogens is 1. The first-order valence-corrected chi connectivity index (χ1v) is 11.3. The minimum Gasteiger partial charge on any atom is -0.486 e. The molecule has 0 amide bonds. The van der Waals surface area contributed by atoms with E-state index < -0.39 is 0 Å². The van der Waals surface area contributed by atoms with Crippen LogP contribution in [0.2, 0.25) is 0 Å². The highest BCUT2D eigenvalue weighted by Crippen LogP contribution is 2.38. The minimum absolute atomic E-state index is 0.0374. The molecule has 164 valence electrons.